The van der Waals surface area contributed by atoms with Crippen molar-refractivity contribution in [3.05, 3.63) is 29.3 Å². The quantitative estimate of drug-likeness (QED) is 0.604. The van der Waals surface area contributed by atoms with E-state index in [1.54, 1.807) is 14.2 Å². The normalized spacial score (nSPS) is 17.8. The van der Waals surface area contributed by atoms with Gasteiger partial charge in [0.05, 0.1) is 7.11 Å². The first kappa shape index (κ1) is 20.1. The molecule has 6 heteroatoms. The monoisotopic (exact) mass is 360 g/mol. The van der Waals surface area contributed by atoms with Gasteiger partial charge < -0.3 is 20.3 Å². The average Bonchev–Trinajstić information content (AvgIpc) is 2.65. The summed E-state index contributed by atoms with van der Waals surface area (Å²) < 4.78 is 5.43. The third-order valence-corrected chi connectivity index (χ3v) is 4.87. The molecule has 1 unspecified atom stereocenters. The predicted molar refractivity (Wildman–Crippen MR) is 106 cm³/mol. The van der Waals surface area contributed by atoms with Gasteiger partial charge in [0, 0.05) is 44.7 Å². The number of carbonyl (C=O) groups is 1. The van der Waals surface area contributed by atoms with Crippen molar-refractivity contribution in [3.63, 3.8) is 0 Å². The Balaban J connectivity index is 1.78. The van der Waals surface area contributed by atoms with Gasteiger partial charge in [0.1, 0.15) is 5.75 Å². The van der Waals surface area contributed by atoms with Crippen molar-refractivity contribution >= 4 is 11.9 Å². The molecule has 144 valence electrons. The molecule has 0 aromatic heterocycles. The van der Waals surface area contributed by atoms with Crippen molar-refractivity contribution in [3.8, 4) is 5.75 Å². The van der Waals surface area contributed by atoms with Crippen LogP contribution in [0.3, 0.4) is 0 Å². The van der Waals surface area contributed by atoms with Crippen LogP contribution in [-0.4, -0.2) is 50.1 Å². The van der Waals surface area contributed by atoms with E-state index in [1.807, 2.05) is 17.9 Å². The molecular weight excluding hydrogens is 328 g/mol. The molecule has 1 aromatic rings. The topological polar surface area (TPSA) is 66.0 Å². The fourth-order valence-corrected chi connectivity index (χ4v) is 3.30. The average molecular weight is 361 g/mol. The number of aliphatic imine (C=N–C) groups is 1. The lowest BCUT2D eigenvalue weighted by Gasteiger charge is -2.33. The highest BCUT2D eigenvalue weighted by molar-refractivity contribution is 5.81. The van der Waals surface area contributed by atoms with Gasteiger partial charge in [-0.3, -0.25) is 9.79 Å². The summed E-state index contributed by atoms with van der Waals surface area (Å²) in [5.41, 5.74) is 2.23. The van der Waals surface area contributed by atoms with Crippen LogP contribution < -0.4 is 15.4 Å². The van der Waals surface area contributed by atoms with E-state index in [4.69, 9.17) is 4.74 Å². The maximum atomic E-state index is 12.4. The molecule has 0 spiro atoms. The Morgan fingerprint density at radius 1 is 1.35 bits per heavy atom. The van der Waals surface area contributed by atoms with Crippen LogP contribution in [0.25, 0.3) is 0 Å². The van der Waals surface area contributed by atoms with Crippen molar-refractivity contribution in [2.75, 3.05) is 27.2 Å². The van der Waals surface area contributed by atoms with E-state index in [2.05, 4.69) is 34.7 Å². The number of likely N-dealkylation sites (tertiary alicyclic amines) is 1. The van der Waals surface area contributed by atoms with Gasteiger partial charge in [-0.1, -0.05) is 12.1 Å². The number of aryl methyl sites for hydroxylation is 1. The molecule has 1 aliphatic rings. The Kier molecular flexibility index (Phi) is 7.75. The van der Waals surface area contributed by atoms with Gasteiger partial charge in [0.15, 0.2) is 5.96 Å². The number of nitrogens with one attached hydrogen (secondary N) is 2. The number of hydrogen-bond donors (Lipinski definition) is 2. The molecule has 6 nitrogen and oxygen atoms in total. The van der Waals surface area contributed by atoms with Crippen LogP contribution in [0.15, 0.2) is 23.2 Å². The maximum absolute atomic E-state index is 12.4. The molecule has 2 N–H and O–H groups in total. The number of ether oxygens (including phenoxy) is 1. The van der Waals surface area contributed by atoms with Crippen molar-refractivity contribution in [1.82, 2.24) is 15.5 Å². The smallest absolute Gasteiger partial charge is 0.224 e. The summed E-state index contributed by atoms with van der Waals surface area (Å²) in [4.78, 5) is 18.6. The highest BCUT2D eigenvalue weighted by Gasteiger charge is 2.22. The molecule has 0 aliphatic carbocycles. The van der Waals surface area contributed by atoms with Gasteiger partial charge in [-0.25, -0.2) is 0 Å². The van der Waals surface area contributed by atoms with Crippen LogP contribution in [0.4, 0.5) is 0 Å². The van der Waals surface area contributed by atoms with Crippen molar-refractivity contribution in [2.24, 2.45) is 4.99 Å². The van der Waals surface area contributed by atoms with Crippen LogP contribution in [-0.2, 0) is 11.3 Å². The van der Waals surface area contributed by atoms with E-state index < -0.39 is 0 Å². The number of amides is 1. The van der Waals surface area contributed by atoms with Crippen LogP contribution in [0.1, 0.15) is 43.7 Å². The molecule has 1 amide bonds. The zero-order chi connectivity index (χ0) is 18.9. The van der Waals surface area contributed by atoms with E-state index in [-0.39, 0.29) is 5.91 Å². The Morgan fingerprint density at radius 2 is 2.15 bits per heavy atom. The van der Waals surface area contributed by atoms with Crippen molar-refractivity contribution in [1.29, 1.82) is 0 Å². The second-order valence-corrected chi connectivity index (χ2v) is 6.85. The summed E-state index contributed by atoms with van der Waals surface area (Å²) >= 11 is 0. The summed E-state index contributed by atoms with van der Waals surface area (Å²) in [6.07, 6.45) is 3.94. The maximum Gasteiger partial charge on any atom is 0.224 e. The van der Waals surface area contributed by atoms with Crippen molar-refractivity contribution < 1.29 is 9.53 Å². The van der Waals surface area contributed by atoms with Crippen LogP contribution in [0.2, 0.25) is 0 Å². The van der Waals surface area contributed by atoms with E-state index in [1.165, 1.54) is 12.0 Å². The second-order valence-electron chi connectivity index (χ2n) is 6.85. The summed E-state index contributed by atoms with van der Waals surface area (Å²) in [6, 6.07) is 6.50. The second kappa shape index (κ2) is 10.0. The number of hydrogen-bond acceptors (Lipinski definition) is 3. The summed E-state index contributed by atoms with van der Waals surface area (Å²) in [6.45, 7) is 6.26. The lowest BCUT2D eigenvalue weighted by molar-refractivity contribution is -0.134. The third kappa shape index (κ3) is 5.64. The molecule has 26 heavy (non-hydrogen) atoms. The fraction of sp³-hybridized carbons (Fsp3) is 0.600. The number of benzene rings is 1. The molecule has 1 aliphatic heterocycles. The molecule has 0 bridgehead atoms. The van der Waals surface area contributed by atoms with Gasteiger partial charge >= 0.3 is 0 Å². The van der Waals surface area contributed by atoms with Gasteiger partial charge in [-0.05, 0) is 44.7 Å². The van der Waals surface area contributed by atoms with Crippen molar-refractivity contribution in [2.45, 2.75) is 52.1 Å². The minimum absolute atomic E-state index is 0.223. The standard InChI is InChI=1S/C20H32N4O2/c1-15-8-9-17(18(13-15)26-4)14-23-20(21-3)22-11-10-19(25)24-12-6-5-7-16(24)2/h8-9,13,16H,5-7,10-12,14H2,1-4H3,(H2,21,22,23). The van der Waals surface area contributed by atoms with E-state index in [0.717, 1.165) is 30.7 Å². The van der Waals surface area contributed by atoms with Crippen LogP contribution in [0, 0.1) is 6.92 Å². The number of piperidine rings is 1. The number of rotatable bonds is 6. The third-order valence-electron chi connectivity index (χ3n) is 4.87. The van der Waals surface area contributed by atoms with E-state index in [0.29, 0.717) is 31.5 Å². The Bertz CT molecular complexity index is 630. The van der Waals surface area contributed by atoms with Gasteiger partial charge in [0.25, 0.3) is 0 Å². The minimum atomic E-state index is 0.223. The molecule has 1 heterocycles. The van der Waals surface area contributed by atoms with Crippen LogP contribution >= 0.6 is 0 Å². The number of carbonyl (C=O) groups excluding carboxylic acids is 1. The molecule has 1 aromatic carbocycles. The highest BCUT2D eigenvalue weighted by atomic mass is 16.5. The lowest BCUT2D eigenvalue weighted by atomic mass is 10.0. The van der Waals surface area contributed by atoms with E-state index >= 15 is 0 Å². The Hall–Kier alpha value is -2.24. The number of nitrogens with zero attached hydrogens (tertiary/aromatic N) is 2. The molecule has 0 radical (unpaired) electrons. The first-order chi connectivity index (χ1) is 12.5. The van der Waals surface area contributed by atoms with E-state index in [9.17, 15) is 4.79 Å². The zero-order valence-corrected chi connectivity index (χ0v) is 16.5. The predicted octanol–water partition coefficient (Wildman–Crippen LogP) is 2.46. The SMILES string of the molecule is CN=C(NCCC(=O)N1CCCCC1C)NCc1ccc(C)cc1OC. The summed E-state index contributed by atoms with van der Waals surface area (Å²) in [7, 11) is 3.41. The fourth-order valence-electron chi connectivity index (χ4n) is 3.30. The highest BCUT2D eigenvalue weighted by Crippen LogP contribution is 2.19. The molecule has 0 saturated carbocycles. The summed E-state index contributed by atoms with van der Waals surface area (Å²) in [5, 5.41) is 6.50. The Morgan fingerprint density at radius 3 is 2.85 bits per heavy atom. The van der Waals surface area contributed by atoms with Gasteiger partial charge in [-0.15, -0.1) is 0 Å². The summed E-state index contributed by atoms with van der Waals surface area (Å²) in [5.74, 6) is 1.77. The molecule has 1 saturated heterocycles. The molecule has 2 rings (SSSR count). The minimum Gasteiger partial charge on any atom is -0.496 e. The lowest BCUT2D eigenvalue weighted by Crippen LogP contribution is -2.44. The number of guanidine groups is 1. The molecular formula is C20H32N4O2. The van der Waals surface area contributed by atoms with Crippen LogP contribution in [0.5, 0.6) is 5.75 Å². The Labute approximate surface area is 157 Å². The van der Waals surface area contributed by atoms with Gasteiger partial charge in [0.2, 0.25) is 5.91 Å². The first-order valence-electron chi connectivity index (χ1n) is 9.42. The van der Waals surface area contributed by atoms with Gasteiger partial charge in [-0.2, -0.15) is 0 Å². The molecule has 1 fully saturated rings. The number of methoxy groups -OCH3 is 1. The largest absolute Gasteiger partial charge is 0.496 e. The molecule has 1 atom stereocenters. The first-order valence-corrected chi connectivity index (χ1v) is 9.42. The zero-order valence-electron chi connectivity index (χ0n) is 16.5.